The van der Waals surface area contributed by atoms with Crippen molar-refractivity contribution in [2.24, 2.45) is 17.8 Å². The summed E-state index contributed by atoms with van der Waals surface area (Å²) >= 11 is 0. The quantitative estimate of drug-likeness (QED) is 0.463. The van der Waals surface area contributed by atoms with Crippen molar-refractivity contribution in [3.63, 3.8) is 0 Å². The molecule has 4 heteroatoms. The molecule has 2 aliphatic rings. The van der Waals surface area contributed by atoms with Crippen LogP contribution in [0.1, 0.15) is 70.6 Å². The van der Waals surface area contributed by atoms with Crippen LogP contribution in [-0.4, -0.2) is 35.5 Å². The van der Waals surface area contributed by atoms with E-state index < -0.39 is 5.97 Å². The highest BCUT2D eigenvalue weighted by atomic mass is 16.5. The zero-order valence-electron chi connectivity index (χ0n) is 14.9. The van der Waals surface area contributed by atoms with Gasteiger partial charge in [-0.05, 0) is 37.5 Å². The Kier molecular flexibility index (Phi) is 8.82. The van der Waals surface area contributed by atoms with E-state index in [2.05, 4.69) is 6.08 Å². The van der Waals surface area contributed by atoms with Crippen LogP contribution < -0.4 is 0 Å². The number of aliphatic hydroxyl groups excluding tert-OH is 1. The van der Waals surface area contributed by atoms with Crippen LogP contribution in [-0.2, 0) is 9.53 Å². The summed E-state index contributed by atoms with van der Waals surface area (Å²) in [5.74, 6) is 0.743. The van der Waals surface area contributed by atoms with E-state index in [1.54, 1.807) is 0 Å². The Bertz CT molecular complexity index is 387. The molecule has 4 nitrogen and oxygen atoms in total. The Hall–Kier alpha value is -0.870. The maximum absolute atomic E-state index is 10.5. The van der Waals surface area contributed by atoms with E-state index in [4.69, 9.17) is 9.84 Å². The number of unbranched alkanes of at least 4 members (excludes halogenated alkanes) is 3. The molecule has 0 spiro atoms. The van der Waals surface area contributed by atoms with E-state index in [1.807, 2.05) is 6.08 Å². The topological polar surface area (TPSA) is 66.8 Å². The second kappa shape index (κ2) is 10.9. The average molecular weight is 338 g/mol. The van der Waals surface area contributed by atoms with Gasteiger partial charge >= 0.3 is 5.97 Å². The van der Waals surface area contributed by atoms with E-state index >= 15 is 0 Å². The largest absolute Gasteiger partial charge is 0.481 e. The van der Waals surface area contributed by atoms with Crippen LogP contribution in [0.25, 0.3) is 0 Å². The van der Waals surface area contributed by atoms with Crippen molar-refractivity contribution in [2.75, 3.05) is 13.2 Å². The molecule has 1 aliphatic heterocycles. The fourth-order valence-corrected chi connectivity index (χ4v) is 4.05. The standard InChI is InChI=1S/C20H34O4/c21-19(16-8-5-3-6-9-16)13-12-18-15-24-14-17(18)10-4-1-2-7-11-20(22)23/h12-13,16-19,21H,1-11,14-15H2,(H,22,23)/t17-,18-,19?/m0/s1. The van der Waals surface area contributed by atoms with Crippen LogP contribution >= 0.6 is 0 Å². The van der Waals surface area contributed by atoms with Gasteiger partial charge in [-0.15, -0.1) is 0 Å². The first kappa shape index (κ1) is 19.5. The van der Waals surface area contributed by atoms with Gasteiger partial charge in [-0.3, -0.25) is 4.79 Å². The first-order valence-corrected chi connectivity index (χ1v) is 9.82. The summed E-state index contributed by atoms with van der Waals surface area (Å²) in [5.41, 5.74) is 0. The molecule has 1 heterocycles. The molecule has 0 aromatic heterocycles. The van der Waals surface area contributed by atoms with Gasteiger partial charge in [0.15, 0.2) is 0 Å². The molecular formula is C20H34O4. The predicted molar refractivity (Wildman–Crippen MR) is 94.9 cm³/mol. The van der Waals surface area contributed by atoms with Gasteiger partial charge in [0.25, 0.3) is 0 Å². The molecule has 0 aromatic carbocycles. The molecule has 1 saturated carbocycles. The highest BCUT2D eigenvalue weighted by Gasteiger charge is 2.26. The zero-order valence-corrected chi connectivity index (χ0v) is 14.9. The van der Waals surface area contributed by atoms with Crippen LogP contribution in [0.15, 0.2) is 12.2 Å². The number of ether oxygens (including phenoxy) is 1. The van der Waals surface area contributed by atoms with Gasteiger partial charge in [0.1, 0.15) is 0 Å². The minimum atomic E-state index is -0.694. The second-order valence-corrected chi connectivity index (χ2v) is 7.58. The number of hydrogen-bond donors (Lipinski definition) is 2. The first-order chi connectivity index (χ1) is 11.7. The lowest BCUT2D eigenvalue weighted by Gasteiger charge is -2.25. The van der Waals surface area contributed by atoms with Gasteiger partial charge in [-0.1, -0.05) is 50.7 Å². The van der Waals surface area contributed by atoms with E-state index in [0.29, 0.717) is 17.8 Å². The molecule has 0 amide bonds. The summed E-state index contributed by atoms with van der Waals surface area (Å²) in [4.78, 5) is 10.5. The lowest BCUT2D eigenvalue weighted by Crippen LogP contribution is -2.21. The molecule has 0 radical (unpaired) electrons. The van der Waals surface area contributed by atoms with E-state index in [9.17, 15) is 9.90 Å². The Morgan fingerprint density at radius 3 is 2.58 bits per heavy atom. The Morgan fingerprint density at radius 2 is 1.83 bits per heavy atom. The molecule has 1 saturated heterocycles. The second-order valence-electron chi connectivity index (χ2n) is 7.58. The molecule has 24 heavy (non-hydrogen) atoms. The van der Waals surface area contributed by atoms with Gasteiger partial charge in [-0.2, -0.15) is 0 Å². The number of carboxylic acid groups (broad SMARTS) is 1. The van der Waals surface area contributed by atoms with Crippen molar-refractivity contribution in [3.05, 3.63) is 12.2 Å². The third-order valence-electron chi connectivity index (χ3n) is 5.65. The summed E-state index contributed by atoms with van der Waals surface area (Å²) in [6.45, 7) is 1.60. The summed E-state index contributed by atoms with van der Waals surface area (Å²) in [6.07, 6.45) is 15.5. The number of carbonyl (C=O) groups is 1. The van der Waals surface area contributed by atoms with Crippen molar-refractivity contribution >= 4 is 5.97 Å². The van der Waals surface area contributed by atoms with Crippen LogP contribution in [0.4, 0.5) is 0 Å². The van der Waals surface area contributed by atoms with Gasteiger partial charge in [0.05, 0.1) is 19.3 Å². The average Bonchev–Trinajstić information content (AvgIpc) is 3.03. The first-order valence-electron chi connectivity index (χ1n) is 9.82. The highest BCUT2D eigenvalue weighted by molar-refractivity contribution is 5.66. The van der Waals surface area contributed by atoms with Gasteiger partial charge < -0.3 is 14.9 Å². The molecule has 3 atom stereocenters. The van der Waals surface area contributed by atoms with Crippen molar-refractivity contribution in [1.29, 1.82) is 0 Å². The molecule has 1 aliphatic carbocycles. The maximum Gasteiger partial charge on any atom is 0.303 e. The fraction of sp³-hybridized carbons (Fsp3) is 0.850. The highest BCUT2D eigenvalue weighted by Crippen LogP contribution is 2.30. The normalized spacial score (nSPS) is 26.9. The van der Waals surface area contributed by atoms with Crippen molar-refractivity contribution in [1.82, 2.24) is 0 Å². The van der Waals surface area contributed by atoms with Gasteiger partial charge in [-0.25, -0.2) is 0 Å². The smallest absolute Gasteiger partial charge is 0.303 e. The Morgan fingerprint density at radius 1 is 1.08 bits per heavy atom. The molecule has 0 bridgehead atoms. The summed E-state index contributed by atoms with van der Waals surface area (Å²) < 4.78 is 5.65. The van der Waals surface area contributed by atoms with Crippen LogP contribution in [0.3, 0.4) is 0 Å². The minimum Gasteiger partial charge on any atom is -0.481 e. The Labute approximate surface area is 146 Å². The molecule has 1 unspecified atom stereocenters. The monoisotopic (exact) mass is 338 g/mol. The molecule has 2 fully saturated rings. The number of hydrogen-bond acceptors (Lipinski definition) is 3. The lowest BCUT2D eigenvalue weighted by atomic mass is 9.84. The molecule has 138 valence electrons. The predicted octanol–water partition coefficient (Wildman–Crippen LogP) is 4.17. The zero-order chi connectivity index (χ0) is 17.2. The van der Waals surface area contributed by atoms with E-state index in [0.717, 1.165) is 58.2 Å². The van der Waals surface area contributed by atoms with E-state index in [1.165, 1.54) is 19.3 Å². The lowest BCUT2D eigenvalue weighted by molar-refractivity contribution is -0.137. The van der Waals surface area contributed by atoms with Crippen molar-refractivity contribution in [2.45, 2.75) is 76.7 Å². The van der Waals surface area contributed by atoms with Crippen molar-refractivity contribution < 1.29 is 19.7 Å². The summed E-state index contributed by atoms with van der Waals surface area (Å²) in [6, 6.07) is 0. The summed E-state index contributed by atoms with van der Waals surface area (Å²) in [7, 11) is 0. The van der Waals surface area contributed by atoms with Crippen LogP contribution in [0, 0.1) is 17.8 Å². The molecule has 2 N–H and O–H groups in total. The number of rotatable bonds is 10. The molecule has 0 aromatic rings. The van der Waals surface area contributed by atoms with E-state index in [-0.39, 0.29) is 12.5 Å². The van der Waals surface area contributed by atoms with Crippen LogP contribution in [0.5, 0.6) is 0 Å². The van der Waals surface area contributed by atoms with Crippen LogP contribution in [0.2, 0.25) is 0 Å². The molecule has 2 rings (SSSR count). The maximum atomic E-state index is 10.5. The molecular weight excluding hydrogens is 304 g/mol. The van der Waals surface area contributed by atoms with Crippen molar-refractivity contribution in [3.8, 4) is 0 Å². The SMILES string of the molecule is O=C(O)CCCCCC[C@H]1COC[C@@H]1C=CC(O)C1CCCCC1. The van der Waals surface area contributed by atoms with Gasteiger partial charge in [0, 0.05) is 12.3 Å². The minimum absolute atomic E-state index is 0.289. The number of aliphatic carboxylic acids is 1. The number of carboxylic acids is 1. The summed E-state index contributed by atoms with van der Waals surface area (Å²) in [5, 5.41) is 19.0. The third kappa shape index (κ3) is 6.94. The Balaban J connectivity index is 1.64. The fourth-order valence-electron chi connectivity index (χ4n) is 4.05. The van der Waals surface area contributed by atoms with Gasteiger partial charge in [0.2, 0.25) is 0 Å². The number of aliphatic hydroxyl groups is 1. The third-order valence-corrected chi connectivity index (χ3v) is 5.65.